The molecule has 4 heteroatoms. The Kier molecular flexibility index (Phi) is 3.07. The molecule has 0 bridgehead atoms. The highest BCUT2D eigenvalue weighted by Crippen LogP contribution is 2.20. The van der Waals surface area contributed by atoms with Crippen LogP contribution < -0.4 is 5.73 Å². The van der Waals surface area contributed by atoms with Gasteiger partial charge < -0.3 is 15.2 Å². The molecule has 2 N–H and O–H groups in total. The highest BCUT2D eigenvalue weighted by atomic mass is 15.2. The Hall–Kier alpha value is -0.870. The average molecular weight is 208 g/mol. The van der Waals surface area contributed by atoms with Gasteiger partial charge in [-0.25, -0.2) is 4.98 Å². The summed E-state index contributed by atoms with van der Waals surface area (Å²) in [4.78, 5) is 6.81. The van der Waals surface area contributed by atoms with Gasteiger partial charge in [0, 0.05) is 25.6 Å². The summed E-state index contributed by atoms with van der Waals surface area (Å²) in [6, 6.07) is 0. The van der Waals surface area contributed by atoms with Gasteiger partial charge in [0.25, 0.3) is 0 Å². The van der Waals surface area contributed by atoms with Crippen LogP contribution in [0.3, 0.4) is 0 Å². The SMILES string of the molecule is CN(C)CCc1cn2c(n1)CCCC2N. The van der Waals surface area contributed by atoms with E-state index in [9.17, 15) is 0 Å². The predicted octanol–water partition coefficient (Wildman–Crippen LogP) is 0.781. The van der Waals surface area contributed by atoms with E-state index in [-0.39, 0.29) is 6.17 Å². The third-order valence-corrected chi connectivity index (χ3v) is 2.93. The van der Waals surface area contributed by atoms with E-state index in [4.69, 9.17) is 5.73 Å². The van der Waals surface area contributed by atoms with E-state index in [1.165, 1.54) is 17.9 Å². The van der Waals surface area contributed by atoms with Gasteiger partial charge in [-0.3, -0.25) is 0 Å². The highest BCUT2D eigenvalue weighted by Gasteiger charge is 2.17. The second-order valence-electron chi connectivity index (χ2n) is 4.57. The number of nitrogens with two attached hydrogens (primary N) is 1. The van der Waals surface area contributed by atoms with Crippen LogP contribution in [-0.2, 0) is 12.8 Å². The van der Waals surface area contributed by atoms with Crippen LogP contribution in [0.5, 0.6) is 0 Å². The average Bonchev–Trinajstić information content (AvgIpc) is 2.59. The fourth-order valence-corrected chi connectivity index (χ4v) is 2.03. The molecule has 1 aliphatic heterocycles. The third kappa shape index (κ3) is 2.38. The molecule has 1 aliphatic rings. The van der Waals surface area contributed by atoms with E-state index < -0.39 is 0 Å². The lowest BCUT2D eigenvalue weighted by atomic mass is 10.1. The largest absolute Gasteiger partial charge is 0.319 e. The Balaban J connectivity index is 2.08. The maximum absolute atomic E-state index is 6.03. The first-order valence-electron chi connectivity index (χ1n) is 5.64. The molecule has 0 aromatic carbocycles. The second kappa shape index (κ2) is 4.33. The molecule has 0 saturated heterocycles. The minimum Gasteiger partial charge on any atom is -0.319 e. The molecule has 0 radical (unpaired) electrons. The Morgan fingerprint density at radius 3 is 3.07 bits per heavy atom. The van der Waals surface area contributed by atoms with E-state index in [0.29, 0.717) is 0 Å². The number of rotatable bonds is 3. The number of nitrogens with zero attached hydrogens (tertiary/aromatic N) is 3. The fourth-order valence-electron chi connectivity index (χ4n) is 2.03. The van der Waals surface area contributed by atoms with Crippen molar-refractivity contribution in [2.45, 2.75) is 31.8 Å². The summed E-state index contributed by atoms with van der Waals surface area (Å²) in [6.45, 7) is 1.05. The van der Waals surface area contributed by atoms with E-state index in [2.05, 4.69) is 34.7 Å². The van der Waals surface area contributed by atoms with Crippen molar-refractivity contribution in [2.24, 2.45) is 5.73 Å². The normalized spacial score (nSPS) is 20.7. The number of aromatic nitrogens is 2. The zero-order valence-electron chi connectivity index (χ0n) is 9.61. The summed E-state index contributed by atoms with van der Waals surface area (Å²) in [5.74, 6) is 1.17. The van der Waals surface area contributed by atoms with Crippen LogP contribution in [0.15, 0.2) is 6.20 Å². The molecule has 0 saturated carbocycles. The number of likely N-dealkylation sites (N-methyl/N-ethyl adjacent to an activating group) is 1. The maximum Gasteiger partial charge on any atom is 0.110 e. The fraction of sp³-hybridized carbons (Fsp3) is 0.727. The third-order valence-electron chi connectivity index (χ3n) is 2.93. The summed E-state index contributed by atoms with van der Waals surface area (Å²) in [5.41, 5.74) is 7.21. The van der Waals surface area contributed by atoms with Crippen molar-refractivity contribution < 1.29 is 0 Å². The molecule has 1 aromatic heterocycles. The molecule has 1 unspecified atom stereocenters. The number of aryl methyl sites for hydroxylation is 1. The lowest BCUT2D eigenvalue weighted by Crippen LogP contribution is -2.24. The topological polar surface area (TPSA) is 47.1 Å². The molecule has 84 valence electrons. The summed E-state index contributed by atoms with van der Waals surface area (Å²) < 4.78 is 2.15. The minimum absolute atomic E-state index is 0.148. The van der Waals surface area contributed by atoms with Gasteiger partial charge >= 0.3 is 0 Å². The molecule has 0 aliphatic carbocycles. The van der Waals surface area contributed by atoms with E-state index in [1.807, 2.05) is 0 Å². The molecule has 1 aromatic rings. The van der Waals surface area contributed by atoms with Gasteiger partial charge in [0.1, 0.15) is 5.82 Å². The van der Waals surface area contributed by atoms with Crippen LogP contribution in [-0.4, -0.2) is 35.1 Å². The standard InChI is InChI=1S/C11H20N4/c1-14(2)7-6-9-8-15-10(12)4-3-5-11(15)13-9/h8,10H,3-7,12H2,1-2H3. The molecule has 0 fully saturated rings. The van der Waals surface area contributed by atoms with Crippen molar-refractivity contribution in [3.8, 4) is 0 Å². The van der Waals surface area contributed by atoms with E-state index >= 15 is 0 Å². The van der Waals surface area contributed by atoms with Crippen LogP contribution in [0.1, 0.15) is 30.5 Å². The van der Waals surface area contributed by atoms with Crippen LogP contribution in [0, 0.1) is 0 Å². The van der Waals surface area contributed by atoms with Crippen molar-refractivity contribution >= 4 is 0 Å². The Morgan fingerprint density at radius 1 is 1.60 bits per heavy atom. The molecule has 2 heterocycles. The van der Waals surface area contributed by atoms with Gasteiger partial charge in [0.15, 0.2) is 0 Å². The van der Waals surface area contributed by atoms with Crippen LogP contribution in [0.2, 0.25) is 0 Å². The lowest BCUT2D eigenvalue weighted by Gasteiger charge is -2.20. The first kappa shape index (κ1) is 10.6. The van der Waals surface area contributed by atoms with Crippen molar-refractivity contribution in [1.82, 2.24) is 14.5 Å². The van der Waals surface area contributed by atoms with Gasteiger partial charge in [-0.1, -0.05) is 0 Å². The first-order valence-corrected chi connectivity index (χ1v) is 5.64. The zero-order valence-corrected chi connectivity index (χ0v) is 9.61. The van der Waals surface area contributed by atoms with Gasteiger partial charge in [0.05, 0.1) is 11.9 Å². The molecule has 0 amide bonds. The van der Waals surface area contributed by atoms with Crippen LogP contribution in [0.4, 0.5) is 0 Å². The Labute approximate surface area is 91.1 Å². The van der Waals surface area contributed by atoms with Gasteiger partial charge in [-0.05, 0) is 26.9 Å². The monoisotopic (exact) mass is 208 g/mol. The highest BCUT2D eigenvalue weighted by molar-refractivity contribution is 5.08. The molecular weight excluding hydrogens is 188 g/mol. The van der Waals surface area contributed by atoms with Crippen molar-refractivity contribution in [1.29, 1.82) is 0 Å². The summed E-state index contributed by atoms with van der Waals surface area (Å²) in [7, 11) is 4.17. The zero-order chi connectivity index (χ0) is 10.8. The molecule has 15 heavy (non-hydrogen) atoms. The Morgan fingerprint density at radius 2 is 2.40 bits per heavy atom. The summed E-state index contributed by atoms with van der Waals surface area (Å²) in [5, 5.41) is 0. The second-order valence-corrected chi connectivity index (χ2v) is 4.57. The Bertz CT molecular complexity index is 329. The number of hydrogen-bond acceptors (Lipinski definition) is 3. The van der Waals surface area contributed by atoms with Gasteiger partial charge in [-0.2, -0.15) is 0 Å². The lowest BCUT2D eigenvalue weighted by molar-refractivity contribution is 0.407. The molecular formula is C11H20N4. The van der Waals surface area contributed by atoms with Gasteiger partial charge in [-0.15, -0.1) is 0 Å². The summed E-state index contributed by atoms with van der Waals surface area (Å²) in [6.07, 6.45) is 6.62. The predicted molar refractivity (Wildman–Crippen MR) is 60.6 cm³/mol. The molecule has 0 spiro atoms. The van der Waals surface area contributed by atoms with Crippen LogP contribution >= 0.6 is 0 Å². The van der Waals surface area contributed by atoms with Crippen molar-refractivity contribution in [2.75, 3.05) is 20.6 Å². The van der Waals surface area contributed by atoms with Crippen molar-refractivity contribution in [3.05, 3.63) is 17.7 Å². The van der Waals surface area contributed by atoms with Crippen LogP contribution in [0.25, 0.3) is 0 Å². The summed E-state index contributed by atoms with van der Waals surface area (Å²) >= 11 is 0. The number of imidazole rings is 1. The number of fused-ring (bicyclic) bond motifs is 1. The molecule has 1 atom stereocenters. The van der Waals surface area contributed by atoms with Crippen molar-refractivity contribution in [3.63, 3.8) is 0 Å². The smallest absolute Gasteiger partial charge is 0.110 e. The first-order chi connectivity index (χ1) is 7.16. The number of hydrogen-bond donors (Lipinski definition) is 1. The quantitative estimate of drug-likeness (QED) is 0.798. The van der Waals surface area contributed by atoms with E-state index in [0.717, 1.165) is 25.8 Å². The molecule has 4 nitrogen and oxygen atoms in total. The minimum atomic E-state index is 0.148. The molecule has 2 rings (SSSR count). The van der Waals surface area contributed by atoms with Gasteiger partial charge in [0.2, 0.25) is 0 Å². The van der Waals surface area contributed by atoms with E-state index in [1.54, 1.807) is 0 Å². The maximum atomic E-state index is 6.03.